The maximum atomic E-state index is 12.0. The van der Waals surface area contributed by atoms with E-state index < -0.39 is 5.97 Å². The van der Waals surface area contributed by atoms with Crippen molar-refractivity contribution < 1.29 is 14.3 Å². The first-order valence-corrected chi connectivity index (χ1v) is 6.73. The van der Waals surface area contributed by atoms with Crippen LogP contribution in [0, 0.1) is 6.92 Å². The van der Waals surface area contributed by atoms with Crippen LogP contribution in [0.1, 0.15) is 29.3 Å². The monoisotopic (exact) mass is 282 g/mol. The van der Waals surface area contributed by atoms with Crippen molar-refractivity contribution in [2.75, 3.05) is 13.2 Å². The Morgan fingerprint density at radius 3 is 2.74 bits per heavy atom. The largest absolute Gasteiger partial charge is 0.491 e. The Bertz CT molecular complexity index is 674. The highest BCUT2D eigenvalue weighted by atomic mass is 32.1. The van der Waals surface area contributed by atoms with Crippen molar-refractivity contribution in [3.05, 3.63) is 21.1 Å². The molecule has 6 nitrogen and oxygen atoms in total. The summed E-state index contributed by atoms with van der Waals surface area (Å²) in [5.41, 5.74) is -0.308. The number of fused-ring (bicyclic) bond motifs is 1. The number of H-pyrrole nitrogens is 1. The number of thiophene rings is 1. The molecule has 0 atom stereocenters. The molecule has 0 spiro atoms. The Labute approximate surface area is 113 Å². The van der Waals surface area contributed by atoms with Gasteiger partial charge in [0.05, 0.1) is 13.2 Å². The Morgan fingerprint density at radius 2 is 2.11 bits per heavy atom. The van der Waals surface area contributed by atoms with Gasteiger partial charge in [0.2, 0.25) is 0 Å². The molecule has 7 heteroatoms. The third kappa shape index (κ3) is 2.46. The van der Waals surface area contributed by atoms with Crippen LogP contribution in [0.3, 0.4) is 0 Å². The van der Waals surface area contributed by atoms with Gasteiger partial charge in [-0.3, -0.25) is 4.79 Å². The molecule has 0 aliphatic carbocycles. The molecule has 2 heterocycles. The van der Waals surface area contributed by atoms with Gasteiger partial charge in [0, 0.05) is 0 Å². The normalized spacial score (nSPS) is 10.7. The lowest BCUT2D eigenvalue weighted by Gasteiger charge is -2.04. The number of aromatic nitrogens is 2. The van der Waals surface area contributed by atoms with Crippen molar-refractivity contribution in [3.8, 4) is 5.75 Å². The molecule has 0 aliphatic heterocycles. The average Bonchev–Trinajstić information content (AvgIpc) is 2.69. The fourth-order valence-corrected chi connectivity index (χ4v) is 2.76. The van der Waals surface area contributed by atoms with Crippen molar-refractivity contribution in [1.82, 2.24) is 9.97 Å². The van der Waals surface area contributed by atoms with Gasteiger partial charge >= 0.3 is 5.97 Å². The minimum atomic E-state index is -0.494. The molecule has 2 aromatic rings. The van der Waals surface area contributed by atoms with E-state index in [2.05, 4.69) is 9.97 Å². The molecule has 0 aliphatic rings. The summed E-state index contributed by atoms with van der Waals surface area (Å²) in [4.78, 5) is 31.4. The molecular formula is C12H14N2O4S. The first-order valence-electron chi connectivity index (χ1n) is 5.91. The van der Waals surface area contributed by atoms with E-state index in [9.17, 15) is 9.59 Å². The molecule has 0 fully saturated rings. The Balaban J connectivity index is 2.70. The standard InChI is InChI=1S/C12H14N2O4S/c1-4-17-8-7-10(15)13-6(3)14-11(7)19-9(8)12(16)18-5-2/h4-5H2,1-3H3,(H,13,14,15). The zero-order valence-electron chi connectivity index (χ0n) is 10.9. The van der Waals surface area contributed by atoms with Gasteiger partial charge in [0.1, 0.15) is 16.0 Å². The predicted octanol–water partition coefficient (Wildman–Crippen LogP) is 1.87. The summed E-state index contributed by atoms with van der Waals surface area (Å²) in [5, 5.41) is 0.306. The van der Waals surface area contributed by atoms with Crippen LogP contribution in [0.2, 0.25) is 0 Å². The SMILES string of the molecule is CCOC(=O)c1sc2nc(C)[nH]c(=O)c2c1OCC. The second kappa shape index (κ2) is 5.40. The van der Waals surface area contributed by atoms with Crippen LogP contribution >= 0.6 is 11.3 Å². The number of nitrogens with one attached hydrogen (secondary N) is 1. The summed E-state index contributed by atoms with van der Waals surface area (Å²) in [6.45, 7) is 5.81. The summed E-state index contributed by atoms with van der Waals surface area (Å²) in [5.74, 6) is 0.262. The van der Waals surface area contributed by atoms with Crippen molar-refractivity contribution in [3.63, 3.8) is 0 Å². The van der Waals surface area contributed by atoms with Crippen LogP contribution in [0.15, 0.2) is 4.79 Å². The third-order valence-corrected chi connectivity index (χ3v) is 3.43. The van der Waals surface area contributed by atoms with Gasteiger partial charge in [0.15, 0.2) is 10.6 Å². The molecule has 0 saturated carbocycles. The van der Waals surface area contributed by atoms with E-state index in [1.54, 1.807) is 20.8 Å². The quantitative estimate of drug-likeness (QED) is 0.866. The van der Waals surface area contributed by atoms with Gasteiger partial charge in [-0.05, 0) is 20.8 Å². The highest BCUT2D eigenvalue weighted by molar-refractivity contribution is 7.20. The summed E-state index contributed by atoms with van der Waals surface area (Å²) < 4.78 is 10.4. The summed E-state index contributed by atoms with van der Waals surface area (Å²) in [7, 11) is 0. The summed E-state index contributed by atoms with van der Waals surface area (Å²) in [6, 6.07) is 0. The smallest absolute Gasteiger partial charge is 0.352 e. The van der Waals surface area contributed by atoms with Gasteiger partial charge in [0.25, 0.3) is 5.56 Å². The molecule has 0 saturated heterocycles. The molecule has 2 aromatic heterocycles. The van der Waals surface area contributed by atoms with E-state index in [1.807, 2.05) is 0 Å². The van der Waals surface area contributed by atoms with Crippen molar-refractivity contribution in [2.24, 2.45) is 0 Å². The van der Waals surface area contributed by atoms with Crippen LogP contribution in [-0.4, -0.2) is 29.2 Å². The maximum Gasteiger partial charge on any atom is 0.352 e. The maximum absolute atomic E-state index is 12.0. The van der Waals surface area contributed by atoms with Crippen molar-refractivity contribution in [2.45, 2.75) is 20.8 Å². The van der Waals surface area contributed by atoms with E-state index in [0.717, 1.165) is 11.3 Å². The van der Waals surface area contributed by atoms with E-state index in [4.69, 9.17) is 9.47 Å². The molecule has 0 amide bonds. The van der Waals surface area contributed by atoms with Gasteiger partial charge in [-0.2, -0.15) is 0 Å². The number of esters is 1. The van der Waals surface area contributed by atoms with Crippen molar-refractivity contribution in [1.29, 1.82) is 0 Å². The summed E-state index contributed by atoms with van der Waals surface area (Å²) in [6.07, 6.45) is 0. The first kappa shape index (κ1) is 13.5. The van der Waals surface area contributed by atoms with E-state index in [-0.39, 0.29) is 22.8 Å². The Hall–Kier alpha value is -1.89. The molecule has 0 bridgehead atoms. The van der Waals surface area contributed by atoms with E-state index >= 15 is 0 Å². The van der Waals surface area contributed by atoms with Crippen LogP contribution < -0.4 is 10.3 Å². The van der Waals surface area contributed by atoms with Gasteiger partial charge < -0.3 is 14.5 Å². The Morgan fingerprint density at radius 1 is 1.37 bits per heavy atom. The van der Waals surface area contributed by atoms with Crippen LogP contribution in [0.25, 0.3) is 10.2 Å². The Kier molecular flexibility index (Phi) is 3.84. The van der Waals surface area contributed by atoms with E-state index in [1.165, 1.54) is 0 Å². The molecule has 0 aromatic carbocycles. The number of carbonyl (C=O) groups excluding carboxylic acids is 1. The van der Waals surface area contributed by atoms with Crippen LogP contribution in [-0.2, 0) is 4.74 Å². The zero-order chi connectivity index (χ0) is 14.0. The number of hydrogen-bond acceptors (Lipinski definition) is 6. The number of aryl methyl sites for hydroxylation is 1. The highest BCUT2D eigenvalue weighted by Crippen LogP contribution is 2.35. The van der Waals surface area contributed by atoms with Crippen LogP contribution in [0.5, 0.6) is 5.75 Å². The molecule has 19 heavy (non-hydrogen) atoms. The average molecular weight is 282 g/mol. The zero-order valence-corrected chi connectivity index (χ0v) is 11.7. The van der Waals surface area contributed by atoms with Gasteiger partial charge in [-0.1, -0.05) is 0 Å². The number of nitrogens with zero attached hydrogens (tertiary/aromatic N) is 1. The minimum Gasteiger partial charge on any atom is -0.491 e. The predicted molar refractivity (Wildman–Crippen MR) is 72.1 cm³/mol. The van der Waals surface area contributed by atoms with Crippen LogP contribution in [0.4, 0.5) is 0 Å². The fourth-order valence-electron chi connectivity index (χ4n) is 1.70. The third-order valence-electron chi connectivity index (χ3n) is 2.39. The number of aromatic amines is 1. The number of hydrogen-bond donors (Lipinski definition) is 1. The van der Waals surface area contributed by atoms with Gasteiger partial charge in [-0.25, -0.2) is 9.78 Å². The lowest BCUT2D eigenvalue weighted by atomic mass is 10.3. The molecule has 2 rings (SSSR count). The van der Waals surface area contributed by atoms with Crippen molar-refractivity contribution >= 4 is 27.5 Å². The lowest BCUT2D eigenvalue weighted by Crippen LogP contribution is -2.10. The van der Waals surface area contributed by atoms with Gasteiger partial charge in [-0.15, -0.1) is 11.3 Å². The molecule has 0 unspecified atom stereocenters. The molecule has 1 N–H and O–H groups in total. The molecule has 102 valence electrons. The number of ether oxygens (including phenoxy) is 2. The molecule has 0 radical (unpaired) electrons. The fraction of sp³-hybridized carbons (Fsp3) is 0.417. The summed E-state index contributed by atoms with van der Waals surface area (Å²) >= 11 is 1.11. The lowest BCUT2D eigenvalue weighted by molar-refractivity contribution is 0.0528. The minimum absolute atomic E-state index is 0.259. The highest BCUT2D eigenvalue weighted by Gasteiger charge is 2.23. The number of rotatable bonds is 4. The molecular weight excluding hydrogens is 268 g/mol. The first-order chi connectivity index (χ1) is 9.08. The van der Waals surface area contributed by atoms with E-state index in [0.29, 0.717) is 22.6 Å². The second-order valence-electron chi connectivity index (χ2n) is 3.75. The number of carbonyl (C=O) groups is 1. The second-order valence-corrected chi connectivity index (χ2v) is 4.74. The topological polar surface area (TPSA) is 81.3 Å².